The summed E-state index contributed by atoms with van der Waals surface area (Å²) in [7, 11) is 0. The number of anilines is 1. The number of nitrogens with zero attached hydrogens (tertiary/aromatic N) is 5. The number of aliphatic hydroxyl groups excluding tert-OH is 1. The van der Waals surface area contributed by atoms with Crippen LogP contribution in [0.15, 0.2) is 49.1 Å². The van der Waals surface area contributed by atoms with Crippen molar-refractivity contribution in [1.82, 2.24) is 29.5 Å². The molecule has 164 valence electrons. The van der Waals surface area contributed by atoms with E-state index >= 15 is 0 Å². The van der Waals surface area contributed by atoms with Gasteiger partial charge in [-0.1, -0.05) is 30.3 Å². The molecule has 1 aliphatic carbocycles. The maximum atomic E-state index is 9.81. The molecule has 1 aliphatic rings. The van der Waals surface area contributed by atoms with Crippen molar-refractivity contribution in [2.24, 2.45) is 0 Å². The highest BCUT2D eigenvalue weighted by molar-refractivity contribution is 7.59. The number of imidazole rings is 2. The van der Waals surface area contributed by atoms with Gasteiger partial charge >= 0.3 is 0 Å². The third kappa shape index (κ3) is 5.20. The van der Waals surface area contributed by atoms with Crippen molar-refractivity contribution in [3.63, 3.8) is 0 Å². The number of H-pyrrole nitrogens is 1. The van der Waals surface area contributed by atoms with E-state index in [1.807, 2.05) is 41.1 Å². The van der Waals surface area contributed by atoms with E-state index in [0.717, 1.165) is 48.4 Å². The Morgan fingerprint density at radius 1 is 1.03 bits per heavy atom. The molecule has 0 amide bonds. The number of hydrogen-bond donors (Lipinski definition) is 3. The molecule has 0 radical (unpaired) electrons. The monoisotopic (exact) mass is 457 g/mol. The smallest absolute Gasteiger partial charge is 0.183 e. The number of benzene rings is 1. The fraction of sp³-hybridized carbons (Fsp3) is 0.333. The van der Waals surface area contributed by atoms with Gasteiger partial charge in [0.05, 0.1) is 19.0 Å². The molecule has 0 aliphatic heterocycles. The zero-order valence-electron chi connectivity index (χ0n) is 17.0. The molecule has 1 aromatic carbocycles. The molecular formula is C21H27N7OS2. The molecule has 3 aromatic heterocycles. The Morgan fingerprint density at radius 3 is 2.52 bits per heavy atom. The van der Waals surface area contributed by atoms with E-state index < -0.39 is 0 Å². The molecule has 1 fully saturated rings. The van der Waals surface area contributed by atoms with E-state index in [2.05, 4.69) is 15.3 Å². The van der Waals surface area contributed by atoms with Gasteiger partial charge in [0.1, 0.15) is 11.3 Å². The highest BCUT2D eigenvalue weighted by Gasteiger charge is 2.22. The Labute approximate surface area is 194 Å². The minimum Gasteiger partial charge on any atom is -0.393 e. The highest BCUT2D eigenvalue weighted by Crippen LogP contribution is 2.27. The van der Waals surface area contributed by atoms with Crippen molar-refractivity contribution in [1.29, 1.82) is 0 Å². The molecule has 0 atom stereocenters. The molecule has 3 N–H and O–H groups in total. The number of rotatable bonds is 5. The highest BCUT2D eigenvalue weighted by atomic mass is 32.1. The topological polar surface area (TPSA) is 105 Å². The fourth-order valence-corrected chi connectivity index (χ4v) is 3.81. The van der Waals surface area contributed by atoms with Crippen molar-refractivity contribution in [3.05, 3.63) is 54.9 Å². The standard InChI is InChI=1S/C21H23N7O.2H2S/c29-16-8-6-15(7-9-16)23-20-18-21(25-17(24-18)12-28-11-10-22-13-28)27-19(26-20)14-4-2-1-3-5-14;;/h1-5,10-11,13,15-16,29H,6-9,12H2,(H2,23,24,25,26,27);2*1H2. The van der Waals surface area contributed by atoms with Crippen LogP contribution in [0.25, 0.3) is 22.6 Å². The third-order valence-corrected chi connectivity index (χ3v) is 5.36. The second-order valence-corrected chi connectivity index (χ2v) is 7.53. The van der Waals surface area contributed by atoms with Crippen molar-refractivity contribution < 1.29 is 5.11 Å². The van der Waals surface area contributed by atoms with Crippen LogP contribution in [0.2, 0.25) is 0 Å². The van der Waals surface area contributed by atoms with Gasteiger partial charge in [-0.15, -0.1) is 0 Å². The molecule has 8 nitrogen and oxygen atoms in total. The number of aromatic nitrogens is 6. The Kier molecular flexibility index (Phi) is 7.58. The minimum atomic E-state index is -0.188. The lowest BCUT2D eigenvalue weighted by Gasteiger charge is -2.26. The number of hydrogen-bond acceptors (Lipinski definition) is 6. The zero-order chi connectivity index (χ0) is 19.6. The molecule has 10 heteroatoms. The van der Waals surface area contributed by atoms with E-state index in [4.69, 9.17) is 15.0 Å². The van der Waals surface area contributed by atoms with E-state index in [1.165, 1.54) is 0 Å². The summed E-state index contributed by atoms with van der Waals surface area (Å²) in [6, 6.07) is 10.2. The molecule has 5 rings (SSSR count). The Bertz CT molecular complexity index is 1090. The van der Waals surface area contributed by atoms with Gasteiger partial charge < -0.3 is 20.0 Å². The quantitative estimate of drug-likeness (QED) is 0.425. The summed E-state index contributed by atoms with van der Waals surface area (Å²) in [5.41, 5.74) is 2.41. The summed E-state index contributed by atoms with van der Waals surface area (Å²) in [5.74, 6) is 2.22. The van der Waals surface area contributed by atoms with Crippen molar-refractivity contribution in [3.8, 4) is 11.4 Å². The molecule has 3 heterocycles. The molecule has 0 unspecified atom stereocenters. The van der Waals surface area contributed by atoms with Crippen LogP contribution in [-0.4, -0.2) is 46.7 Å². The third-order valence-electron chi connectivity index (χ3n) is 5.36. The van der Waals surface area contributed by atoms with Gasteiger partial charge in [-0.2, -0.15) is 27.0 Å². The average molecular weight is 458 g/mol. The van der Waals surface area contributed by atoms with Crippen molar-refractivity contribution in [2.45, 2.75) is 44.4 Å². The van der Waals surface area contributed by atoms with Crippen LogP contribution in [0.1, 0.15) is 31.5 Å². The van der Waals surface area contributed by atoms with Crippen molar-refractivity contribution in [2.75, 3.05) is 5.32 Å². The lowest BCUT2D eigenvalue weighted by atomic mass is 9.93. The van der Waals surface area contributed by atoms with E-state index in [9.17, 15) is 5.11 Å². The Hall–Kier alpha value is -2.56. The van der Waals surface area contributed by atoms with E-state index in [-0.39, 0.29) is 39.1 Å². The average Bonchev–Trinajstić information content (AvgIpc) is 3.40. The first-order valence-electron chi connectivity index (χ1n) is 9.97. The summed E-state index contributed by atoms with van der Waals surface area (Å²) >= 11 is 0. The normalized spacial score (nSPS) is 18.2. The van der Waals surface area contributed by atoms with Crippen LogP contribution in [-0.2, 0) is 6.54 Å². The van der Waals surface area contributed by atoms with Gasteiger partial charge in [0.25, 0.3) is 0 Å². The van der Waals surface area contributed by atoms with Crippen LogP contribution in [0.5, 0.6) is 0 Å². The molecule has 0 spiro atoms. The number of fused-ring (bicyclic) bond motifs is 1. The van der Waals surface area contributed by atoms with Gasteiger partial charge in [0.15, 0.2) is 17.3 Å². The molecule has 1 saturated carbocycles. The Balaban J connectivity index is 0.00000136. The van der Waals surface area contributed by atoms with E-state index in [0.29, 0.717) is 18.0 Å². The maximum absolute atomic E-state index is 9.81. The first kappa shape index (κ1) is 23.1. The fourth-order valence-electron chi connectivity index (χ4n) is 3.81. The largest absolute Gasteiger partial charge is 0.393 e. The summed E-state index contributed by atoms with van der Waals surface area (Å²) in [6.07, 6.45) is 8.69. The van der Waals surface area contributed by atoms with Gasteiger partial charge in [0, 0.05) is 24.0 Å². The van der Waals surface area contributed by atoms with Crippen LogP contribution in [0.3, 0.4) is 0 Å². The van der Waals surface area contributed by atoms with Gasteiger partial charge in [-0.25, -0.2) is 19.9 Å². The molecule has 0 saturated heterocycles. The molecular weight excluding hydrogens is 430 g/mol. The lowest BCUT2D eigenvalue weighted by molar-refractivity contribution is 0.126. The lowest BCUT2D eigenvalue weighted by Crippen LogP contribution is -2.28. The molecule has 31 heavy (non-hydrogen) atoms. The predicted molar refractivity (Wildman–Crippen MR) is 131 cm³/mol. The summed E-state index contributed by atoms with van der Waals surface area (Å²) in [6.45, 7) is 0.589. The summed E-state index contributed by atoms with van der Waals surface area (Å²) in [4.78, 5) is 21.7. The van der Waals surface area contributed by atoms with Crippen LogP contribution in [0, 0.1) is 0 Å². The SMILES string of the molecule is OC1CCC(Nc2nc(-c3ccccc3)nc3nc(Cn4ccnc4)[nH]c23)CC1.S.S. The first-order chi connectivity index (χ1) is 14.2. The zero-order valence-corrected chi connectivity index (χ0v) is 19.0. The van der Waals surface area contributed by atoms with Gasteiger partial charge in [-0.3, -0.25) is 0 Å². The summed E-state index contributed by atoms with van der Waals surface area (Å²) in [5, 5.41) is 13.4. The van der Waals surface area contributed by atoms with Gasteiger partial charge in [0.2, 0.25) is 0 Å². The van der Waals surface area contributed by atoms with Gasteiger partial charge in [-0.05, 0) is 25.7 Å². The van der Waals surface area contributed by atoms with Crippen LogP contribution < -0.4 is 5.32 Å². The maximum Gasteiger partial charge on any atom is 0.183 e. The van der Waals surface area contributed by atoms with E-state index in [1.54, 1.807) is 12.5 Å². The number of nitrogens with one attached hydrogen (secondary N) is 2. The molecule has 4 aromatic rings. The predicted octanol–water partition coefficient (Wildman–Crippen LogP) is 3.21. The second kappa shape index (κ2) is 10.2. The first-order valence-corrected chi connectivity index (χ1v) is 9.97. The van der Waals surface area contributed by atoms with Crippen molar-refractivity contribution >= 4 is 44.0 Å². The second-order valence-electron chi connectivity index (χ2n) is 7.53. The number of aliphatic hydroxyl groups is 1. The Morgan fingerprint density at radius 2 is 1.81 bits per heavy atom. The van der Waals surface area contributed by atoms with Crippen LogP contribution >= 0.6 is 27.0 Å². The summed E-state index contributed by atoms with van der Waals surface area (Å²) < 4.78 is 1.96. The van der Waals surface area contributed by atoms with Crippen LogP contribution in [0.4, 0.5) is 5.82 Å². The number of aromatic amines is 1. The molecule has 0 bridgehead atoms. The minimum absolute atomic E-state index is 0.